The summed E-state index contributed by atoms with van der Waals surface area (Å²) in [6, 6.07) is 9.74. The van der Waals surface area contributed by atoms with E-state index in [1.54, 1.807) is 0 Å². The summed E-state index contributed by atoms with van der Waals surface area (Å²) in [6.45, 7) is 8.01. The minimum absolute atomic E-state index is 0.594. The lowest BCUT2D eigenvalue weighted by molar-refractivity contribution is 0.258. The fourth-order valence-corrected chi connectivity index (χ4v) is 2.19. The summed E-state index contributed by atoms with van der Waals surface area (Å²) in [5.41, 5.74) is 2.91. The van der Waals surface area contributed by atoms with Crippen LogP contribution in [0.2, 0.25) is 0 Å². The molecular formula is C14H21N. The molecular weight excluding hydrogens is 182 g/mol. The van der Waals surface area contributed by atoms with E-state index in [0.29, 0.717) is 12.0 Å². The predicted molar refractivity (Wildman–Crippen MR) is 65.1 cm³/mol. The molecule has 1 heteroatoms. The van der Waals surface area contributed by atoms with Gasteiger partial charge in [0.15, 0.2) is 0 Å². The Labute approximate surface area is 92.9 Å². The maximum Gasteiger partial charge on any atom is 0.0358 e. The predicted octanol–water partition coefficient (Wildman–Crippen LogP) is 3.48. The molecule has 0 spiro atoms. The number of nitrogens with one attached hydrogen (secondary N) is 1. The zero-order chi connectivity index (χ0) is 10.8. The highest BCUT2D eigenvalue weighted by Crippen LogP contribution is 2.29. The molecule has 1 saturated heterocycles. The third kappa shape index (κ3) is 2.07. The molecule has 1 aliphatic rings. The molecule has 15 heavy (non-hydrogen) atoms. The number of rotatable bonds is 3. The molecule has 1 aliphatic heterocycles. The molecule has 1 fully saturated rings. The van der Waals surface area contributed by atoms with Crippen molar-refractivity contribution in [3.05, 3.63) is 35.4 Å². The van der Waals surface area contributed by atoms with Crippen LogP contribution in [0.1, 0.15) is 50.3 Å². The highest BCUT2D eigenvalue weighted by atomic mass is 15.0. The molecule has 1 N–H and O–H groups in total. The van der Waals surface area contributed by atoms with Crippen LogP contribution in [0.3, 0.4) is 0 Å². The summed E-state index contributed by atoms with van der Waals surface area (Å²) in [5.74, 6) is 1.48. The quantitative estimate of drug-likeness (QED) is 0.793. The summed E-state index contributed by atoms with van der Waals surface area (Å²) < 4.78 is 0. The second kappa shape index (κ2) is 4.36. The fraction of sp³-hybridized carbons (Fsp3) is 0.571. The average molecular weight is 203 g/mol. The van der Waals surface area contributed by atoms with Crippen molar-refractivity contribution in [3.8, 4) is 0 Å². The molecule has 82 valence electrons. The van der Waals surface area contributed by atoms with Gasteiger partial charge in [-0.25, -0.2) is 0 Å². The van der Waals surface area contributed by atoms with Gasteiger partial charge in [0, 0.05) is 12.6 Å². The van der Waals surface area contributed by atoms with Crippen LogP contribution < -0.4 is 5.32 Å². The topological polar surface area (TPSA) is 12.0 Å². The van der Waals surface area contributed by atoms with E-state index in [-0.39, 0.29) is 0 Å². The Hall–Kier alpha value is -0.820. The summed E-state index contributed by atoms with van der Waals surface area (Å²) in [6.07, 6.45) is 1.22. The third-order valence-corrected chi connectivity index (χ3v) is 3.71. The van der Waals surface area contributed by atoms with Crippen molar-refractivity contribution in [1.29, 1.82) is 0 Å². The van der Waals surface area contributed by atoms with E-state index in [1.807, 2.05) is 0 Å². The normalized spacial score (nSPS) is 27.1. The van der Waals surface area contributed by atoms with Crippen molar-refractivity contribution in [2.75, 3.05) is 6.54 Å². The summed E-state index contributed by atoms with van der Waals surface area (Å²) in [4.78, 5) is 0. The Kier molecular flexibility index (Phi) is 3.11. The van der Waals surface area contributed by atoms with Gasteiger partial charge < -0.3 is 5.32 Å². The van der Waals surface area contributed by atoms with Gasteiger partial charge in [-0.05, 0) is 29.4 Å². The molecule has 0 saturated carbocycles. The molecule has 0 aromatic heterocycles. The van der Waals surface area contributed by atoms with Crippen molar-refractivity contribution in [3.63, 3.8) is 0 Å². The molecule has 1 aromatic carbocycles. The lowest BCUT2D eigenvalue weighted by atomic mass is 9.86. The monoisotopic (exact) mass is 203 g/mol. The lowest BCUT2D eigenvalue weighted by Gasteiger charge is -2.36. The van der Waals surface area contributed by atoms with Crippen molar-refractivity contribution < 1.29 is 0 Å². The van der Waals surface area contributed by atoms with Crippen LogP contribution in [0.4, 0.5) is 0 Å². The fourth-order valence-electron chi connectivity index (χ4n) is 2.19. The van der Waals surface area contributed by atoms with Crippen molar-refractivity contribution in [1.82, 2.24) is 5.32 Å². The molecule has 3 atom stereocenters. The van der Waals surface area contributed by atoms with Crippen LogP contribution in [0.25, 0.3) is 0 Å². The van der Waals surface area contributed by atoms with E-state index in [1.165, 1.54) is 17.5 Å². The van der Waals surface area contributed by atoms with Crippen molar-refractivity contribution in [2.24, 2.45) is 5.92 Å². The van der Waals surface area contributed by atoms with Crippen LogP contribution in [0, 0.1) is 5.92 Å². The molecule has 1 aromatic rings. The van der Waals surface area contributed by atoms with Gasteiger partial charge in [-0.3, -0.25) is 0 Å². The van der Waals surface area contributed by atoms with Gasteiger partial charge in [-0.1, -0.05) is 45.0 Å². The number of hydrogen-bond acceptors (Lipinski definition) is 1. The third-order valence-electron chi connectivity index (χ3n) is 3.71. The minimum Gasteiger partial charge on any atom is -0.309 e. The van der Waals surface area contributed by atoms with Gasteiger partial charge in [0.25, 0.3) is 0 Å². The maximum atomic E-state index is 3.47. The van der Waals surface area contributed by atoms with Crippen LogP contribution in [-0.2, 0) is 0 Å². The first-order chi connectivity index (χ1) is 7.22. The molecule has 2 rings (SSSR count). The number of hydrogen-bond donors (Lipinski definition) is 1. The Morgan fingerprint density at radius 1 is 1.33 bits per heavy atom. The maximum absolute atomic E-state index is 3.47. The summed E-state index contributed by atoms with van der Waals surface area (Å²) in [7, 11) is 0. The molecule has 1 heterocycles. The molecule has 1 nitrogen and oxygen atoms in total. The van der Waals surface area contributed by atoms with E-state index in [2.05, 4.69) is 50.4 Å². The highest BCUT2D eigenvalue weighted by molar-refractivity contribution is 5.28. The zero-order valence-electron chi connectivity index (χ0n) is 9.96. The van der Waals surface area contributed by atoms with Crippen molar-refractivity contribution in [2.45, 2.75) is 39.2 Å². The summed E-state index contributed by atoms with van der Waals surface area (Å²) >= 11 is 0. The molecule has 0 aliphatic carbocycles. The average Bonchev–Trinajstić information content (AvgIpc) is 2.27. The summed E-state index contributed by atoms with van der Waals surface area (Å²) in [5, 5.41) is 3.47. The van der Waals surface area contributed by atoms with Gasteiger partial charge >= 0.3 is 0 Å². The lowest BCUT2D eigenvalue weighted by Crippen LogP contribution is -2.43. The van der Waals surface area contributed by atoms with Crippen molar-refractivity contribution >= 4 is 0 Å². The number of benzene rings is 1. The van der Waals surface area contributed by atoms with Gasteiger partial charge in [-0.2, -0.15) is 0 Å². The van der Waals surface area contributed by atoms with E-state index in [0.717, 1.165) is 12.5 Å². The van der Waals surface area contributed by atoms with E-state index >= 15 is 0 Å². The first-order valence-electron chi connectivity index (χ1n) is 6.05. The van der Waals surface area contributed by atoms with Crippen LogP contribution >= 0.6 is 0 Å². The second-order valence-corrected chi connectivity index (χ2v) is 4.84. The first kappa shape index (κ1) is 10.7. The smallest absolute Gasteiger partial charge is 0.0358 e. The van der Waals surface area contributed by atoms with E-state index in [9.17, 15) is 0 Å². The molecule has 0 bridgehead atoms. The molecule has 3 unspecified atom stereocenters. The Balaban J connectivity index is 2.10. The van der Waals surface area contributed by atoms with Crippen LogP contribution in [0.15, 0.2) is 24.3 Å². The van der Waals surface area contributed by atoms with Gasteiger partial charge in [0.1, 0.15) is 0 Å². The minimum atomic E-state index is 0.594. The standard InChI is InChI=1S/C14H21N/c1-4-10(2)12-5-7-13(8-6-12)14-11(3)9-15-14/h5-8,10-11,14-15H,4,9H2,1-3H3. The first-order valence-corrected chi connectivity index (χ1v) is 6.05. The Morgan fingerprint density at radius 2 is 2.00 bits per heavy atom. The molecule has 0 amide bonds. The van der Waals surface area contributed by atoms with E-state index in [4.69, 9.17) is 0 Å². The SMILES string of the molecule is CCC(C)c1ccc(C2NCC2C)cc1. The van der Waals surface area contributed by atoms with Crippen LogP contribution in [-0.4, -0.2) is 6.54 Å². The van der Waals surface area contributed by atoms with Crippen LogP contribution in [0.5, 0.6) is 0 Å². The Bertz CT molecular complexity index is 315. The Morgan fingerprint density at radius 3 is 2.40 bits per heavy atom. The van der Waals surface area contributed by atoms with E-state index < -0.39 is 0 Å². The van der Waals surface area contributed by atoms with Gasteiger partial charge in [0.05, 0.1) is 0 Å². The molecule has 0 radical (unpaired) electrons. The zero-order valence-corrected chi connectivity index (χ0v) is 9.96. The highest BCUT2D eigenvalue weighted by Gasteiger charge is 2.27. The largest absolute Gasteiger partial charge is 0.309 e. The van der Waals surface area contributed by atoms with Gasteiger partial charge in [-0.15, -0.1) is 0 Å². The second-order valence-electron chi connectivity index (χ2n) is 4.84. The van der Waals surface area contributed by atoms with Gasteiger partial charge in [0.2, 0.25) is 0 Å².